The monoisotopic (exact) mass is 308 g/mol. The van der Waals surface area contributed by atoms with Gasteiger partial charge in [0.1, 0.15) is 5.56 Å². The lowest BCUT2D eigenvalue weighted by Gasteiger charge is -2.35. The molecule has 0 unspecified atom stereocenters. The van der Waals surface area contributed by atoms with Crippen molar-refractivity contribution in [2.75, 3.05) is 36.0 Å². The molecule has 0 atom stereocenters. The van der Waals surface area contributed by atoms with Crippen LogP contribution in [0.4, 0.5) is 15.3 Å². The molecule has 0 saturated carbocycles. The smallest absolute Gasteiger partial charge is 0.338 e. The Labute approximate surface area is 124 Å². The summed E-state index contributed by atoms with van der Waals surface area (Å²) in [5.74, 6) is -1.95. The van der Waals surface area contributed by atoms with E-state index in [0.717, 1.165) is 5.13 Å². The van der Waals surface area contributed by atoms with Crippen molar-refractivity contribution in [3.05, 3.63) is 35.2 Å². The minimum absolute atomic E-state index is 0.105. The fraction of sp³-hybridized carbons (Fsp3) is 0.308. The number of halogens is 1. The largest absolute Gasteiger partial charge is 0.478 e. The van der Waals surface area contributed by atoms with Gasteiger partial charge in [-0.3, -0.25) is 0 Å². The molecule has 2 aromatic rings. The van der Waals surface area contributed by atoms with Crippen LogP contribution >= 0.6 is 11.3 Å². The van der Waals surface area contributed by atoms with E-state index < -0.39 is 11.8 Å². The van der Waals surface area contributed by atoms with Gasteiger partial charge >= 0.3 is 5.97 Å². The molecule has 1 fully saturated rings. The van der Waals surface area contributed by atoms with Gasteiger partial charge < -0.3 is 14.9 Å². The molecule has 3 rings (SSSR count). The Morgan fingerprint density at radius 3 is 2.52 bits per heavy atom. The SMILES string of the molecule is O=C(O)c1ccnc(N2CCN(c3nccs3)CC2)c1F. The molecule has 0 aromatic carbocycles. The minimum atomic E-state index is -1.28. The average molecular weight is 308 g/mol. The molecule has 0 bridgehead atoms. The average Bonchev–Trinajstić information content (AvgIpc) is 3.02. The molecule has 110 valence electrons. The summed E-state index contributed by atoms with van der Waals surface area (Å²) in [7, 11) is 0. The zero-order valence-electron chi connectivity index (χ0n) is 11.1. The summed E-state index contributed by atoms with van der Waals surface area (Å²) in [6, 6.07) is 1.17. The van der Waals surface area contributed by atoms with Gasteiger partial charge in [-0.25, -0.2) is 19.2 Å². The number of rotatable bonds is 3. The van der Waals surface area contributed by atoms with Crippen LogP contribution in [-0.2, 0) is 0 Å². The molecule has 21 heavy (non-hydrogen) atoms. The fourth-order valence-electron chi connectivity index (χ4n) is 2.30. The van der Waals surface area contributed by atoms with E-state index in [1.165, 1.54) is 12.3 Å². The summed E-state index contributed by atoms with van der Waals surface area (Å²) in [6.45, 7) is 2.55. The van der Waals surface area contributed by atoms with Crippen molar-refractivity contribution in [3.63, 3.8) is 0 Å². The van der Waals surface area contributed by atoms with Crippen LogP contribution in [0.15, 0.2) is 23.8 Å². The van der Waals surface area contributed by atoms with E-state index in [2.05, 4.69) is 14.9 Å². The minimum Gasteiger partial charge on any atom is -0.478 e. The Morgan fingerprint density at radius 2 is 1.90 bits per heavy atom. The number of aromatic carboxylic acids is 1. The van der Waals surface area contributed by atoms with Crippen molar-refractivity contribution < 1.29 is 14.3 Å². The highest BCUT2D eigenvalue weighted by atomic mass is 32.1. The highest BCUT2D eigenvalue weighted by Gasteiger charge is 2.24. The highest BCUT2D eigenvalue weighted by Crippen LogP contribution is 2.23. The van der Waals surface area contributed by atoms with E-state index in [1.54, 1.807) is 22.4 Å². The third-order valence-electron chi connectivity index (χ3n) is 3.37. The first-order chi connectivity index (χ1) is 10.2. The van der Waals surface area contributed by atoms with Crippen LogP contribution in [0.25, 0.3) is 0 Å². The van der Waals surface area contributed by atoms with Crippen LogP contribution in [0.1, 0.15) is 10.4 Å². The Bertz CT molecular complexity index is 642. The van der Waals surface area contributed by atoms with Gasteiger partial charge in [-0.1, -0.05) is 0 Å². The normalized spacial score (nSPS) is 15.3. The van der Waals surface area contributed by atoms with Gasteiger partial charge in [0, 0.05) is 44.0 Å². The summed E-state index contributed by atoms with van der Waals surface area (Å²) in [4.78, 5) is 23.1. The van der Waals surface area contributed by atoms with Gasteiger partial charge in [0.05, 0.1) is 0 Å². The lowest BCUT2D eigenvalue weighted by molar-refractivity contribution is 0.0691. The summed E-state index contributed by atoms with van der Waals surface area (Å²) < 4.78 is 14.2. The summed E-state index contributed by atoms with van der Waals surface area (Å²) >= 11 is 1.56. The molecular formula is C13H13FN4O2S. The lowest BCUT2D eigenvalue weighted by Crippen LogP contribution is -2.47. The van der Waals surface area contributed by atoms with Crippen molar-refractivity contribution in [2.45, 2.75) is 0 Å². The van der Waals surface area contributed by atoms with Crippen LogP contribution in [-0.4, -0.2) is 47.2 Å². The number of nitrogens with zero attached hydrogens (tertiary/aromatic N) is 4. The second kappa shape index (κ2) is 5.65. The molecule has 0 aliphatic carbocycles. The predicted octanol–water partition coefficient (Wildman–Crippen LogP) is 1.70. The van der Waals surface area contributed by atoms with E-state index in [9.17, 15) is 9.18 Å². The van der Waals surface area contributed by atoms with E-state index in [1.807, 2.05) is 5.38 Å². The fourth-order valence-corrected chi connectivity index (χ4v) is 3.00. The first-order valence-corrected chi connectivity index (χ1v) is 7.32. The van der Waals surface area contributed by atoms with Crippen LogP contribution in [0.2, 0.25) is 0 Å². The Morgan fingerprint density at radius 1 is 1.19 bits per heavy atom. The number of piperazine rings is 1. The van der Waals surface area contributed by atoms with Crippen molar-refractivity contribution in [1.29, 1.82) is 0 Å². The molecule has 1 N–H and O–H groups in total. The highest BCUT2D eigenvalue weighted by molar-refractivity contribution is 7.13. The zero-order valence-corrected chi connectivity index (χ0v) is 11.9. The number of hydrogen-bond acceptors (Lipinski definition) is 6. The first-order valence-electron chi connectivity index (χ1n) is 6.44. The number of anilines is 2. The molecule has 1 aliphatic heterocycles. The molecule has 0 radical (unpaired) electrons. The molecule has 1 saturated heterocycles. The molecule has 0 amide bonds. The second-order valence-corrected chi connectivity index (χ2v) is 5.46. The van der Waals surface area contributed by atoms with E-state index in [0.29, 0.717) is 26.2 Å². The molecule has 3 heterocycles. The van der Waals surface area contributed by atoms with Crippen molar-refractivity contribution in [2.24, 2.45) is 0 Å². The third kappa shape index (κ3) is 2.66. The molecule has 2 aromatic heterocycles. The van der Waals surface area contributed by atoms with Crippen molar-refractivity contribution in [3.8, 4) is 0 Å². The Hall–Kier alpha value is -2.22. The zero-order chi connectivity index (χ0) is 14.8. The molecule has 0 spiro atoms. The lowest BCUT2D eigenvalue weighted by atomic mass is 10.2. The van der Waals surface area contributed by atoms with E-state index in [-0.39, 0.29) is 11.4 Å². The Kier molecular flexibility index (Phi) is 3.70. The number of carboxylic acid groups (broad SMARTS) is 1. The predicted molar refractivity (Wildman–Crippen MR) is 77.7 cm³/mol. The second-order valence-electron chi connectivity index (χ2n) is 4.59. The number of carboxylic acids is 1. The van der Waals surface area contributed by atoms with Crippen LogP contribution in [0, 0.1) is 5.82 Å². The number of hydrogen-bond donors (Lipinski definition) is 1. The number of pyridine rings is 1. The number of aromatic nitrogens is 2. The maximum absolute atomic E-state index is 14.2. The van der Waals surface area contributed by atoms with Crippen LogP contribution in [0.3, 0.4) is 0 Å². The first kappa shape index (κ1) is 13.7. The van der Waals surface area contributed by atoms with Crippen molar-refractivity contribution in [1.82, 2.24) is 9.97 Å². The topological polar surface area (TPSA) is 69.6 Å². The standard InChI is InChI=1S/C13H13FN4O2S/c14-10-9(12(19)20)1-2-15-11(10)17-4-6-18(7-5-17)13-16-3-8-21-13/h1-3,8H,4-7H2,(H,19,20). The quantitative estimate of drug-likeness (QED) is 0.931. The van der Waals surface area contributed by atoms with Gasteiger partial charge in [0.15, 0.2) is 16.8 Å². The van der Waals surface area contributed by atoms with Gasteiger partial charge in [-0.05, 0) is 6.07 Å². The maximum Gasteiger partial charge on any atom is 0.338 e. The van der Waals surface area contributed by atoms with E-state index in [4.69, 9.17) is 5.11 Å². The third-order valence-corrected chi connectivity index (χ3v) is 4.20. The van der Waals surface area contributed by atoms with Crippen molar-refractivity contribution >= 4 is 28.3 Å². The Balaban J connectivity index is 1.75. The van der Waals surface area contributed by atoms with E-state index >= 15 is 0 Å². The molecule has 6 nitrogen and oxygen atoms in total. The number of carbonyl (C=O) groups is 1. The van der Waals surface area contributed by atoms with Gasteiger partial charge in [-0.15, -0.1) is 11.3 Å². The van der Waals surface area contributed by atoms with Gasteiger partial charge in [0.25, 0.3) is 0 Å². The molecular weight excluding hydrogens is 295 g/mol. The van der Waals surface area contributed by atoms with Crippen LogP contribution in [0.5, 0.6) is 0 Å². The molecule has 8 heteroatoms. The molecule has 1 aliphatic rings. The van der Waals surface area contributed by atoms with Gasteiger partial charge in [-0.2, -0.15) is 0 Å². The summed E-state index contributed by atoms with van der Waals surface area (Å²) in [5.41, 5.74) is -0.345. The summed E-state index contributed by atoms with van der Waals surface area (Å²) in [5, 5.41) is 11.8. The number of thiazole rings is 1. The maximum atomic E-state index is 14.2. The summed E-state index contributed by atoms with van der Waals surface area (Å²) in [6.07, 6.45) is 3.08. The van der Waals surface area contributed by atoms with Gasteiger partial charge in [0.2, 0.25) is 0 Å². The van der Waals surface area contributed by atoms with Crippen LogP contribution < -0.4 is 9.80 Å².